The summed E-state index contributed by atoms with van der Waals surface area (Å²) in [6, 6.07) is 11.3. The van der Waals surface area contributed by atoms with Gasteiger partial charge in [0.15, 0.2) is 0 Å². The van der Waals surface area contributed by atoms with E-state index in [1.54, 1.807) is 37.3 Å². The monoisotopic (exact) mass is 406 g/mol. The molecule has 2 aromatic carbocycles. The lowest BCUT2D eigenvalue weighted by molar-refractivity contribution is -0.126. The first kappa shape index (κ1) is 21.4. The largest absolute Gasteiger partial charge is 0.394 e. The number of aryl methyl sites for hydroxylation is 1. The standard InChI is InChI=1S/C18H22N4O5S/c1-12-7-8-13(22-28(26,27)14-5-3-2-4-6-14)9-15(12)21-18(25)16(11-23)20-17(24)10-19/h2-9,16,22-23H,10-11,19H2,1H3,(H,20,24)(H,21,25)/t16-/m0/s1. The van der Waals surface area contributed by atoms with Gasteiger partial charge in [0, 0.05) is 5.69 Å². The van der Waals surface area contributed by atoms with Crippen LogP contribution in [0.1, 0.15) is 5.56 Å². The molecule has 0 saturated carbocycles. The van der Waals surface area contributed by atoms with Gasteiger partial charge in [-0.15, -0.1) is 0 Å². The van der Waals surface area contributed by atoms with Crippen molar-refractivity contribution in [2.24, 2.45) is 5.73 Å². The second-order valence-corrected chi connectivity index (χ2v) is 7.63. The number of anilines is 2. The van der Waals surface area contributed by atoms with Crippen LogP contribution in [0.15, 0.2) is 53.4 Å². The van der Waals surface area contributed by atoms with Crippen molar-refractivity contribution < 1.29 is 23.1 Å². The minimum absolute atomic E-state index is 0.103. The highest BCUT2D eigenvalue weighted by atomic mass is 32.2. The van der Waals surface area contributed by atoms with E-state index in [1.165, 1.54) is 18.2 Å². The van der Waals surface area contributed by atoms with Crippen molar-refractivity contribution >= 4 is 33.2 Å². The molecule has 1 atom stereocenters. The predicted molar refractivity (Wildman–Crippen MR) is 105 cm³/mol. The van der Waals surface area contributed by atoms with E-state index in [2.05, 4.69) is 15.4 Å². The van der Waals surface area contributed by atoms with Crippen LogP contribution in [0, 0.1) is 6.92 Å². The van der Waals surface area contributed by atoms with Gasteiger partial charge in [-0.05, 0) is 36.8 Å². The number of carbonyl (C=O) groups excluding carboxylic acids is 2. The Balaban J connectivity index is 2.19. The van der Waals surface area contributed by atoms with Gasteiger partial charge in [0.2, 0.25) is 11.8 Å². The summed E-state index contributed by atoms with van der Waals surface area (Å²) in [5.74, 6) is -1.24. The smallest absolute Gasteiger partial charge is 0.261 e. The van der Waals surface area contributed by atoms with Gasteiger partial charge in [-0.25, -0.2) is 8.42 Å². The van der Waals surface area contributed by atoms with E-state index in [1.807, 2.05) is 0 Å². The number of sulfonamides is 1. The second-order valence-electron chi connectivity index (χ2n) is 5.94. The van der Waals surface area contributed by atoms with E-state index in [0.29, 0.717) is 11.3 Å². The van der Waals surface area contributed by atoms with Crippen molar-refractivity contribution in [3.8, 4) is 0 Å². The van der Waals surface area contributed by atoms with E-state index in [0.717, 1.165) is 0 Å². The van der Waals surface area contributed by atoms with Gasteiger partial charge in [0.05, 0.1) is 23.7 Å². The molecule has 0 unspecified atom stereocenters. The number of hydrogen-bond donors (Lipinski definition) is 5. The number of carbonyl (C=O) groups is 2. The molecule has 0 aliphatic rings. The molecule has 0 spiro atoms. The summed E-state index contributed by atoms with van der Waals surface area (Å²) in [5.41, 5.74) is 6.43. The molecule has 0 heterocycles. The van der Waals surface area contributed by atoms with E-state index >= 15 is 0 Å². The van der Waals surface area contributed by atoms with Crippen molar-refractivity contribution in [2.45, 2.75) is 17.9 Å². The molecule has 0 saturated heterocycles. The quantitative estimate of drug-likeness (QED) is 0.422. The van der Waals surface area contributed by atoms with Gasteiger partial charge in [0.25, 0.3) is 10.0 Å². The fourth-order valence-corrected chi connectivity index (χ4v) is 3.37. The number of aliphatic hydroxyl groups is 1. The molecule has 0 fully saturated rings. The summed E-state index contributed by atoms with van der Waals surface area (Å²) in [7, 11) is -3.79. The molecule has 0 radical (unpaired) electrons. The lowest BCUT2D eigenvalue weighted by atomic mass is 10.1. The molecule has 150 valence electrons. The summed E-state index contributed by atoms with van der Waals surface area (Å²) in [6.07, 6.45) is 0. The maximum Gasteiger partial charge on any atom is 0.261 e. The Morgan fingerprint density at radius 2 is 1.82 bits per heavy atom. The molecule has 0 bridgehead atoms. The number of benzene rings is 2. The molecule has 0 aliphatic carbocycles. The zero-order valence-electron chi connectivity index (χ0n) is 15.2. The third-order valence-corrected chi connectivity index (χ3v) is 5.22. The third kappa shape index (κ3) is 5.52. The average Bonchev–Trinajstić information content (AvgIpc) is 2.68. The maximum absolute atomic E-state index is 12.4. The first-order valence-electron chi connectivity index (χ1n) is 8.36. The lowest BCUT2D eigenvalue weighted by Crippen LogP contribution is -2.48. The van der Waals surface area contributed by atoms with Gasteiger partial charge in [-0.3, -0.25) is 14.3 Å². The Hall–Kier alpha value is -2.95. The van der Waals surface area contributed by atoms with Gasteiger partial charge < -0.3 is 21.5 Å². The molecule has 2 amide bonds. The summed E-state index contributed by atoms with van der Waals surface area (Å²) in [4.78, 5) is 23.7. The molecule has 0 aliphatic heterocycles. The van der Waals surface area contributed by atoms with Gasteiger partial charge in [-0.2, -0.15) is 0 Å². The highest BCUT2D eigenvalue weighted by molar-refractivity contribution is 7.92. The van der Waals surface area contributed by atoms with Crippen LogP contribution in [0.3, 0.4) is 0 Å². The Kier molecular flexibility index (Phi) is 7.10. The first-order valence-corrected chi connectivity index (χ1v) is 9.85. The van der Waals surface area contributed by atoms with E-state index in [9.17, 15) is 23.1 Å². The van der Waals surface area contributed by atoms with Crippen molar-refractivity contribution in [3.05, 3.63) is 54.1 Å². The SMILES string of the molecule is Cc1ccc(NS(=O)(=O)c2ccccc2)cc1NC(=O)[C@H](CO)NC(=O)CN. The minimum atomic E-state index is -3.79. The van der Waals surface area contributed by atoms with Gasteiger partial charge >= 0.3 is 0 Å². The molecular formula is C18H22N4O5S. The van der Waals surface area contributed by atoms with Crippen LogP contribution in [-0.4, -0.2) is 44.5 Å². The van der Waals surface area contributed by atoms with Crippen LogP contribution < -0.4 is 21.1 Å². The first-order chi connectivity index (χ1) is 13.3. The Labute approximate surface area is 163 Å². The number of nitrogens with two attached hydrogens (primary N) is 1. The van der Waals surface area contributed by atoms with Crippen LogP contribution in [0.25, 0.3) is 0 Å². The van der Waals surface area contributed by atoms with E-state index < -0.39 is 34.5 Å². The fourth-order valence-electron chi connectivity index (χ4n) is 2.30. The number of hydrogen-bond acceptors (Lipinski definition) is 6. The maximum atomic E-state index is 12.4. The highest BCUT2D eigenvalue weighted by Gasteiger charge is 2.20. The number of nitrogens with one attached hydrogen (secondary N) is 3. The molecule has 10 heteroatoms. The summed E-state index contributed by atoms with van der Waals surface area (Å²) in [6.45, 7) is 0.786. The molecule has 28 heavy (non-hydrogen) atoms. The Morgan fingerprint density at radius 1 is 1.14 bits per heavy atom. The zero-order valence-corrected chi connectivity index (χ0v) is 16.0. The lowest BCUT2D eigenvalue weighted by Gasteiger charge is -2.17. The van der Waals surface area contributed by atoms with Gasteiger partial charge in [-0.1, -0.05) is 24.3 Å². The molecule has 0 aromatic heterocycles. The topological polar surface area (TPSA) is 151 Å². The number of aliphatic hydroxyl groups excluding tert-OH is 1. The van der Waals surface area contributed by atoms with Crippen molar-refractivity contribution in [2.75, 3.05) is 23.2 Å². The van der Waals surface area contributed by atoms with Crippen LogP contribution >= 0.6 is 0 Å². The van der Waals surface area contributed by atoms with Crippen molar-refractivity contribution in [1.29, 1.82) is 0 Å². The fraction of sp³-hybridized carbons (Fsp3) is 0.222. The van der Waals surface area contributed by atoms with Gasteiger partial charge in [0.1, 0.15) is 6.04 Å². The van der Waals surface area contributed by atoms with Crippen molar-refractivity contribution in [3.63, 3.8) is 0 Å². The predicted octanol–water partition coefficient (Wildman–Crippen LogP) is 0.170. The number of rotatable bonds is 8. The zero-order chi connectivity index (χ0) is 20.7. The van der Waals surface area contributed by atoms with Crippen LogP contribution in [0.4, 0.5) is 11.4 Å². The Morgan fingerprint density at radius 3 is 2.43 bits per heavy atom. The third-order valence-electron chi connectivity index (χ3n) is 3.82. The second kappa shape index (κ2) is 9.31. The van der Waals surface area contributed by atoms with E-state index in [4.69, 9.17) is 5.73 Å². The van der Waals surface area contributed by atoms with Crippen LogP contribution in [0.2, 0.25) is 0 Å². The summed E-state index contributed by atoms with van der Waals surface area (Å²) >= 11 is 0. The molecule has 2 rings (SSSR count). The van der Waals surface area contributed by atoms with Crippen LogP contribution in [-0.2, 0) is 19.6 Å². The Bertz CT molecular complexity index is 948. The van der Waals surface area contributed by atoms with Crippen LogP contribution in [0.5, 0.6) is 0 Å². The number of amides is 2. The molecular weight excluding hydrogens is 384 g/mol. The minimum Gasteiger partial charge on any atom is -0.394 e. The molecule has 9 nitrogen and oxygen atoms in total. The summed E-state index contributed by atoms with van der Waals surface area (Å²) in [5, 5.41) is 14.2. The summed E-state index contributed by atoms with van der Waals surface area (Å²) < 4.78 is 27.3. The normalized spacial score (nSPS) is 12.1. The van der Waals surface area contributed by atoms with E-state index in [-0.39, 0.29) is 17.1 Å². The molecule has 6 N–H and O–H groups in total. The van der Waals surface area contributed by atoms with Crippen molar-refractivity contribution in [1.82, 2.24) is 5.32 Å². The average molecular weight is 406 g/mol. The molecule has 2 aromatic rings. The highest BCUT2D eigenvalue weighted by Crippen LogP contribution is 2.23.